The van der Waals surface area contributed by atoms with E-state index in [2.05, 4.69) is 98.1 Å². The summed E-state index contributed by atoms with van der Waals surface area (Å²) in [4.78, 5) is 0. The summed E-state index contributed by atoms with van der Waals surface area (Å²) in [6, 6.07) is 12.1. The van der Waals surface area contributed by atoms with E-state index in [-0.39, 0.29) is 10.1 Å². The zero-order valence-electron chi connectivity index (χ0n) is 23.3. The van der Waals surface area contributed by atoms with Gasteiger partial charge in [-0.1, -0.05) is 59.8 Å². The van der Waals surface area contributed by atoms with Crippen molar-refractivity contribution >= 4 is 28.8 Å². The van der Waals surface area contributed by atoms with Crippen molar-refractivity contribution in [1.82, 2.24) is 0 Å². The Morgan fingerprint density at radius 3 is 1.47 bits per heavy atom. The summed E-state index contributed by atoms with van der Waals surface area (Å²) >= 11 is 0. The first-order valence-electron chi connectivity index (χ1n) is 11.9. The summed E-state index contributed by atoms with van der Waals surface area (Å²) in [5.41, 5.74) is 2.06. The molecule has 0 aliphatic rings. The molecule has 2 rings (SSSR count). The highest BCUT2D eigenvalue weighted by molar-refractivity contribution is 6.75. The number of ether oxygens (including phenoxy) is 2. The molecule has 0 atom stereocenters. The molecule has 4 nitrogen and oxygen atoms in total. The second-order valence-corrected chi connectivity index (χ2v) is 21.4. The minimum atomic E-state index is -2.05. The second-order valence-electron chi connectivity index (χ2n) is 11.9. The van der Waals surface area contributed by atoms with E-state index in [9.17, 15) is 0 Å². The van der Waals surface area contributed by atoms with E-state index >= 15 is 0 Å². The van der Waals surface area contributed by atoms with Crippen LogP contribution in [0.4, 0.5) is 0 Å². The van der Waals surface area contributed by atoms with Crippen LogP contribution in [0.1, 0.15) is 52.7 Å². The smallest absolute Gasteiger partial charge is 0.250 e. The molecule has 0 aliphatic carbocycles. The summed E-state index contributed by atoms with van der Waals surface area (Å²) in [5, 5.41) is 0.190. The summed E-state index contributed by atoms with van der Waals surface area (Å²) in [5.74, 6) is 3.21. The van der Waals surface area contributed by atoms with Gasteiger partial charge in [-0.15, -0.1) is 0 Å². The normalized spacial score (nSPS) is 13.2. The standard InChI is InChI=1S/C28H44O4Si2/c1-27(2,3)33(9,10)31-25-16-15-21(19-26(25)32-34(11,12)28(4,5)6)13-14-22-17-23(29-7)20-24(18-22)30-8/h13-20H,1-12H3/b14-13-. The van der Waals surface area contributed by atoms with E-state index < -0.39 is 16.6 Å². The van der Waals surface area contributed by atoms with Crippen LogP contribution in [-0.2, 0) is 0 Å². The van der Waals surface area contributed by atoms with Crippen molar-refractivity contribution in [2.24, 2.45) is 0 Å². The van der Waals surface area contributed by atoms with Crippen molar-refractivity contribution in [3.63, 3.8) is 0 Å². The van der Waals surface area contributed by atoms with Gasteiger partial charge in [0.25, 0.3) is 16.6 Å². The first-order chi connectivity index (χ1) is 15.5. The zero-order chi connectivity index (χ0) is 25.9. The predicted octanol–water partition coefficient (Wildman–Crippen LogP) is 8.64. The molecule has 0 aromatic heterocycles. The minimum absolute atomic E-state index is 0.0875. The van der Waals surface area contributed by atoms with E-state index in [1.54, 1.807) is 14.2 Å². The average molecular weight is 501 g/mol. The van der Waals surface area contributed by atoms with Crippen LogP contribution in [-0.4, -0.2) is 30.9 Å². The molecule has 0 radical (unpaired) electrons. The number of benzene rings is 2. The number of hydrogen-bond donors (Lipinski definition) is 0. The summed E-state index contributed by atoms with van der Waals surface area (Å²) < 4.78 is 24.3. The molecule has 188 valence electrons. The Labute approximate surface area is 209 Å². The van der Waals surface area contributed by atoms with Crippen LogP contribution < -0.4 is 18.3 Å². The molecule has 0 bridgehead atoms. The van der Waals surface area contributed by atoms with Crippen LogP contribution in [0.25, 0.3) is 12.2 Å². The van der Waals surface area contributed by atoms with Gasteiger partial charge >= 0.3 is 0 Å². The molecule has 0 N–H and O–H groups in total. The lowest BCUT2D eigenvalue weighted by atomic mass is 10.1. The third-order valence-electron chi connectivity index (χ3n) is 7.15. The molecule has 0 amide bonds. The lowest BCUT2D eigenvalue weighted by molar-refractivity contribution is 0.394. The van der Waals surface area contributed by atoms with Crippen molar-refractivity contribution in [2.45, 2.75) is 77.8 Å². The van der Waals surface area contributed by atoms with Gasteiger partial charge < -0.3 is 18.3 Å². The van der Waals surface area contributed by atoms with Gasteiger partial charge in [-0.2, -0.15) is 0 Å². The topological polar surface area (TPSA) is 36.9 Å². The predicted molar refractivity (Wildman–Crippen MR) is 151 cm³/mol. The molecule has 34 heavy (non-hydrogen) atoms. The van der Waals surface area contributed by atoms with Gasteiger partial charge in [0.2, 0.25) is 0 Å². The molecule has 2 aromatic carbocycles. The van der Waals surface area contributed by atoms with Crippen molar-refractivity contribution in [1.29, 1.82) is 0 Å². The van der Waals surface area contributed by atoms with Crippen LogP contribution >= 0.6 is 0 Å². The molecule has 0 saturated heterocycles. The quantitative estimate of drug-likeness (QED) is 0.268. The van der Waals surface area contributed by atoms with Crippen LogP contribution in [0.2, 0.25) is 36.3 Å². The lowest BCUT2D eigenvalue weighted by Gasteiger charge is -2.39. The highest BCUT2D eigenvalue weighted by Crippen LogP contribution is 2.44. The number of methoxy groups -OCH3 is 2. The molecular weight excluding hydrogens is 456 g/mol. The van der Waals surface area contributed by atoms with Gasteiger partial charge in [-0.3, -0.25) is 0 Å². The molecular formula is C28H44O4Si2. The zero-order valence-corrected chi connectivity index (χ0v) is 25.3. The number of rotatable bonds is 8. The lowest BCUT2D eigenvalue weighted by Crippen LogP contribution is -2.45. The van der Waals surface area contributed by atoms with E-state index in [4.69, 9.17) is 18.3 Å². The first-order valence-corrected chi connectivity index (χ1v) is 17.7. The van der Waals surface area contributed by atoms with E-state index in [1.807, 2.05) is 18.2 Å². The van der Waals surface area contributed by atoms with Gasteiger partial charge in [0.05, 0.1) is 14.2 Å². The van der Waals surface area contributed by atoms with Crippen LogP contribution in [0.3, 0.4) is 0 Å². The van der Waals surface area contributed by atoms with Crippen molar-refractivity contribution in [3.8, 4) is 23.0 Å². The van der Waals surface area contributed by atoms with Crippen LogP contribution in [0.15, 0.2) is 36.4 Å². The van der Waals surface area contributed by atoms with Gasteiger partial charge in [-0.05, 0) is 71.7 Å². The summed E-state index contributed by atoms with van der Waals surface area (Å²) in [6.07, 6.45) is 4.15. The SMILES string of the molecule is COc1cc(/C=C\c2ccc(O[Si](C)(C)C(C)(C)C)c(O[Si](C)(C)C(C)(C)C)c2)cc(OC)c1. The minimum Gasteiger partial charge on any atom is -0.541 e. The van der Waals surface area contributed by atoms with E-state index in [0.717, 1.165) is 34.1 Å². The molecule has 2 aromatic rings. The van der Waals surface area contributed by atoms with Crippen LogP contribution in [0, 0.1) is 0 Å². The molecule has 0 heterocycles. The third kappa shape index (κ3) is 6.92. The highest BCUT2D eigenvalue weighted by atomic mass is 28.4. The fraction of sp³-hybridized carbons (Fsp3) is 0.500. The fourth-order valence-electron chi connectivity index (χ4n) is 2.77. The Kier molecular flexibility index (Phi) is 8.42. The van der Waals surface area contributed by atoms with Gasteiger partial charge in [0.1, 0.15) is 23.0 Å². The number of hydrogen-bond acceptors (Lipinski definition) is 4. The van der Waals surface area contributed by atoms with Crippen molar-refractivity contribution < 1.29 is 18.3 Å². The Hall–Kier alpha value is -2.19. The van der Waals surface area contributed by atoms with E-state index in [1.165, 1.54) is 0 Å². The molecule has 6 heteroatoms. The Morgan fingerprint density at radius 1 is 0.588 bits per heavy atom. The van der Waals surface area contributed by atoms with Gasteiger partial charge in [0.15, 0.2) is 0 Å². The van der Waals surface area contributed by atoms with Gasteiger partial charge in [-0.25, -0.2) is 0 Å². The third-order valence-corrected chi connectivity index (χ3v) is 15.8. The maximum atomic E-state index is 6.78. The maximum Gasteiger partial charge on any atom is 0.250 e. The van der Waals surface area contributed by atoms with E-state index in [0.29, 0.717) is 0 Å². The fourth-order valence-corrected chi connectivity index (χ4v) is 4.81. The average Bonchev–Trinajstić information content (AvgIpc) is 2.71. The van der Waals surface area contributed by atoms with Crippen LogP contribution in [0.5, 0.6) is 23.0 Å². The Morgan fingerprint density at radius 2 is 1.03 bits per heavy atom. The molecule has 0 spiro atoms. The first kappa shape index (κ1) is 28.1. The molecule has 0 unspecified atom stereocenters. The monoisotopic (exact) mass is 500 g/mol. The molecule has 0 saturated carbocycles. The van der Waals surface area contributed by atoms with Crippen molar-refractivity contribution in [2.75, 3.05) is 14.2 Å². The highest BCUT2D eigenvalue weighted by Gasteiger charge is 2.42. The van der Waals surface area contributed by atoms with Crippen molar-refractivity contribution in [3.05, 3.63) is 47.5 Å². The maximum absolute atomic E-state index is 6.78. The summed E-state index contributed by atoms with van der Waals surface area (Å²) in [6.45, 7) is 22.6. The molecule has 0 fully saturated rings. The van der Waals surface area contributed by atoms with Gasteiger partial charge in [0, 0.05) is 6.07 Å². The Balaban J connectivity index is 2.49. The molecule has 0 aliphatic heterocycles. The largest absolute Gasteiger partial charge is 0.541 e. The summed E-state index contributed by atoms with van der Waals surface area (Å²) in [7, 11) is -0.752. The second kappa shape index (κ2) is 10.2. The Bertz CT molecular complexity index is 990.